The molecule has 2 aromatic rings. The van der Waals surface area contributed by atoms with Crippen molar-refractivity contribution in [3.05, 3.63) is 68.7 Å². The van der Waals surface area contributed by atoms with Crippen LogP contribution in [0.2, 0.25) is 5.02 Å². The fourth-order valence-electron chi connectivity index (χ4n) is 1.93. The highest BCUT2D eigenvalue weighted by molar-refractivity contribution is 6.31. The number of hydrogen-bond acceptors (Lipinski definition) is 4. The smallest absolute Gasteiger partial charge is 0.269 e. The van der Waals surface area contributed by atoms with E-state index in [2.05, 4.69) is 5.32 Å². The number of nitrogens with zero attached hydrogens (tertiary/aromatic N) is 1. The van der Waals surface area contributed by atoms with E-state index >= 15 is 0 Å². The maximum Gasteiger partial charge on any atom is 0.269 e. The van der Waals surface area contributed by atoms with Crippen molar-refractivity contribution in [2.45, 2.75) is 13.1 Å². The summed E-state index contributed by atoms with van der Waals surface area (Å²) in [5, 5.41) is 14.5. The average Bonchev–Trinajstić information content (AvgIpc) is 2.49. The molecule has 0 spiro atoms. The number of ether oxygens (including phenoxy) is 1. The largest absolute Gasteiger partial charge is 0.497 e. The van der Waals surface area contributed by atoms with E-state index in [0.717, 1.165) is 11.3 Å². The topological polar surface area (TPSA) is 64.4 Å². The number of halogens is 1. The van der Waals surface area contributed by atoms with E-state index < -0.39 is 4.92 Å². The second-order valence-corrected chi connectivity index (χ2v) is 4.90. The molecule has 0 radical (unpaired) electrons. The molecule has 0 fully saturated rings. The van der Waals surface area contributed by atoms with Crippen LogP contribution in [0.1, 0.15) is 11.1 Å². The number of methoxy groups -OCH3 is 1. The first-order valence-corrected chi connectivity index (χ1v) is 6.74. The summed E-state index contributed by atoms with van der Waals surface area (Å²) in [6, 6.07) is 12.1. The van der Waals surface area contributed by atoms with Crippen molar-refractivity contribution in [1.82, 2.24) is 5.32 Å². The van der Waals surface area contributed by atoms with E-state index in [0.29, 0.717) is 23.7 Å². The van der Waals surface area contributed by atoms with Gasteiger partial charge in [-0.3, -0.25) is 10.1 Å². The molecule has 0 aliphatic carbocycles. The molecule has 0 aliphatic rings. The summed E-state index contributed by atoms with van der Waals surface area (Å²) in [4.78, 5) is 10.3. The van der Waals surface area contributed by atoms with Crippen LogP contribution in [0.15, 0.2) is 42.5 Å². The number of nitro groups is 1. The van der Waals surface area contributed by atoms with Crippen LogP contribution in [0.5, 0.6) is 5.75 Å². The minimum atomic E-state index is -0.429. The zero-order valence-corrected chi connectivity index (χ0v) is 12.3. The molecule has 1 N–H and O–H groups in total. The van der Waals surface area contributed by atoms with Crippen molar-refractivity contribution in [2.24, 2.45) is 0 Å². The normalized spacial score (nSPS) is 10.4. The Labute approximate surface area is 127 Å². The predicted octanol–water partition coefficient (Wildman–Crippen LogP) is 3.55. The molecular formula is C15H15ClN2O3. The lowest BCUT2D eigenvalue weighted by atomic mass is 10.2. The van der Waals surface area contributed by atoms with Crippen LogP contribution >= 0.6 is 11.6 Å². The van der Waals surface area contributed by atoms with Crippen LogP contribution in [-0.2, 0) is 13.1 Å². The summed E-state index contributed by atoms with van der Waals surface area (Å²) < 4.78 is 5.16. The first-order valence-electron chi connectivity index (χ1n) is 6.36. The van der Waals surface area contributed by atoms with Crippen molar-refractivity contribution in [2.75, 3.05) is 7.11 Å². The van der Waals surface area contributed by atoms with Crippen molar-refractivity contribution in [3.8, 4) is 5.75 Å². The first kappa shape index (κ1) is 15.3. The van der Waals surface area contributed by atoms with E-state index in [-0.39, 0.29) is 5.69 Å². The molecule has 0 atom stereocenters. The molecule has 2 rings (SSSR count). The van der Waals surface area contributed by atoms with Gasteiger partial charge in [-0.2, -0.15) is 0 Å². The van der Waals surface area contributed by atoms with Gasteiger partial charge in [0.2, 0.25) is 0 Å². The molecule has 5 nitrogen and oxygen atoms in total. The van der Waals surface area contributed by atoms with Gasteiger partial charge in [-0.1, -0.05) is 23.7 Å². The van der Waals surface area contributed by atoms with Crippen LogP contribution in [0.3, 0.4) is 0 Å². The number of nitro benzene ring substituents is 1. The van der Waals surface area contributed by atoms with E-state index in [1.807, 2.05) is 24.3 Å². The Bertz CT molecular complexity index is 647. The molecule has 0 bridgehead atoms. The monoisotopic (exact) mass is 306 g/mol. The van der Waals surface area contributed by atoms with Gasteiger partial charge in [0.15, 0.2) is 0 Å². The second kappa shape index (κ2) is 7.06. The number of non-ortho nitro benzene ring substituents is 1. The van der Waals surface area contributed by atoms with Gasteiger partial charge in [0.1, 0.15) is 5.75 Å². The lowest BCUT2D eigenvalue weighted by molar-refractivity contribution is -0.384. The van der Waals surface area contributed by atoms with Gasteiger partial charge in [0.25, 0.3) is 5.69 Å². The minimum absolute atomic E-state index is 0.0394. The Morgan fingerprint density at radius 1 is 1.24 bits per heavy atom. The summed E-state index contributed by atoms with van der Waals surface area (Å²) in [6.07, 6.45) is 0. The Morgan fingerprint density at radius 2 is 2.05 bits per heavy atom. The van der Waals surface area contributed by atoms with E-state index in [1.54, 1.807) is 13.2 Å². The van der Waals surface area contributed by atoms with Crippen LogP contribution in [0, 0.1) is 10.1 Å². The number of nitrogens with one attached hydrogen (secondary N) is 1. The summed E-state index contributed by atoms with van der Waals surface area (Å²) in [5.74, 6) is 0.794. The van der Waals surface area contributed by atoms with Crippen molar-refractivity contribution in [3.63, 3.8) is 0 Å². The predicted molar refractivity (Wildman–Crippen MR) is 81.6 cm³/mol. The number of benzene rings is 2. The summed E-state index contributed by atoms with van der Waals surface area (Å²) in [6.45, 7) is 1.08. The molecule has 0 aromatic heterocycles. The fraction of sp³-hybridized carbons (Fsp3) is 0.200. The quantitative estimate of drug-likeness (QED) is 0.655. The van der Waals surface area contributed by atoms with Gasteiger partial charge >= 0.3 is 0 Å². The van der Waals surface area contributed by atoms with Crippen molar-refractivity contribution < 1.29 is 9.66 Å². The van der Waals surface area contributed by atoms with Gasteiger partial charge in [0, 0.05) is 30.2 Å². The molecule has 0 aliphatic heterocycles. The molecular weight excluding hydrogens is 292 g/mol. The van der Waals surface area contributed by atoms with Crippen LogP contribution < -0.4 is 10.1 Å². The Kier molecular flexibility index (Phi) is 5.14. The third kappa shape index (κ3) is 4.18. The minimum Gasteiger partial charge on any atom is -0.497 e. The Morgan fingerprint density at radius 3 is 2.76 bits per heavy atom. The van der Waals surface area contributed by atoms with E-state index in [9.17, 15) is 10.1 Å². The average molecular weight is 307 g/mol. The fourth-order valence-corrected chi connectivity index (χ4v) is 2.12. The molecule has 0 saturated heterocycles. The number of rotatable bonds is 6. The first-order chi connectivity index (χ1) is 10.1. The zero-order valence-electron chi connectivity index (χ0n) is 11.5. The molecule has 0 heterocycles. The number of hydrogen-bond donors (Lipinski definition) is 1. The van der Waals surface area contributed by atoms with Crippen LogP contribution in [0.4, 0.5) is 5.69 Å². The molecule has 0 unspecified atom stereocenters. The Hall–Kier alpha value is -2.11. The lowest BCUT2D eigenvalue weighted by Crippen LogP contribution is -2.13. The summed E-state index contributed by atoms with van der Waals surface area (Å²) in [5.41, 5.74) is 1.81. The van der Waals surface area contributed by atoms with Crippen LogP contribution in [0.25, 0.3) is 0 Å². The molecule has 110 valence electrons. The van der Waals surface area contributed by atoms with Gasteiger partial charge in [-0.05, 0) is 29.3 Å². The maximum absolute atomic E-state index is 10.8. The third-order valence-corrected chi connectivity index (χ3v) is 3.39. The molecule has 0 amide bonds. The van der Waals surface area contributed by atoms with Gasteiger partial charge < -0.3 is 10.1 Å². The Balaban J connectivity index is 1.99. The highest BCUT2D eigenvalue weighted by Gasteiger charge is 2.09. The highest BCUT2D eigenvalue weighted by Crippen LogP contribution is 2.22. The zero-order chi connectivity index (χ0) is 15.2. The van der Waals surface area contributed by atoms with E-state index in [4.69, 9.17) is 16.3 Å². The maximum atomic E-state index is 10.8. The van der Waals surface area contributed by atoms with Gasteiger partial charge in [-0.25, -0.2) is 0 Å². The molecule has 21 heavy (non-hydrogen) atoms. The standard InChI is InChI=1S/C15H15ClN2O3/c1-21-14-4-2-3-11(7-14)9-17-10-12-8-13(18(19)20)5-6-15(12)16/h2-8,17H,9-10H2,1H3. The lowest BCUT2D eigenvalue weighted by Gasteiger charge is -2.08. The van der Waals surface area contributed by atoms with E-state index in [1.165, 1.54) is 12.1 Å². The van der Waals surface area contributed by atoms with Gasteiger partial charge in [0.05, 0.1) is 12.0 Å². The summed E-state index contributed by atoms with van der Waals surface area (Å²) >= 11 is 6.05. The highest BCUT2D eigenvalue weighted by atomic mass is 35.5. The third-order valence-electron chi connectivity index (χ3n) is 3.02. The molecule has 6 heteroatoms. The van der Waals surface area contributed by atoms with Gasteiger partial charge in [-0.15, -0.1) is 0 Å². The van der Waals surface area contributed by atoms with Crippen LogP contribution in [-0.4, -0.2) is 12.0 Å². The summed E-state index contributed by atoms with van der Waals surface area (Å²) in [7, 11) is 1.62. The molecule has 0 saturated carbocycles. The van der Waals surface area contributed by atoms with Crippen molar-refractivity contribution >= 4 is 17.3 Å². The van der Waals surface area contributed by atoms with Crippen molar-refractivity contribution in [1.29, 1.82) is 0 Å². The SMILES string of the molecule is COc1cccc(CNCc2cc([N+](=O)[O-])ccc2Cl)c1. The molecule has 2 aromatic carbocycles. The second-order valence-electron chi connectivity index (χ2n) is 4.49.